The van der Waals surface area contributed by atoms with Gasteiger partial charge in [0.1, 0.15) is 5.82 Å². The van der Waals surface area contributed by atoms with Gasteiger partial charge in [-0.2, -0.15) is 0 Å². The van der Waals surface area contributed by atoms with Gasteiger partial charge >= 0.3 is 0 Å². The van der Waals surface area contributed by atoms with E-state index in [-0.39, 0.29) is 6.04 Å². The summed E-state index contributed by atoms with van der Waals surface area (Å²) in [7, 11) is 0. The van der Waals surface area contributed by atoms with Crippen molar-refractivity contribution in [1.29, 1.82) is 0 Å². The topological polar surface area (TPSA) is 50.9 Å². The molecule has 3 nitrogen and oxygen atoms in total. The average molecular weight is 263 g/mol. The highest BCUT2D eigenvalue weighted by molar-refractivity contribution is 14.1. The van der Waals surface area contributed by atoms with Gasteiger partial charge in [-0.3, -0.25) is 3.53 Å². The van der Waals surface area contributed by atoms with E-state index in [0.717, 1.165) is 5.69 Å². The number of nitrogens with two attached hydrogens (primary N) is 1. The molecule has 0 aromatic carbocycles. The van der Waals surface area contributed by atoms with Crippen molar-refractivity contribution < 1.29 is 0 Å². The maximum Gasteiger partial charge on any atom is 0.123 e. The first-order valence-corrected chi connectivity index (χ1v) is 4.40. The lowest BCUT2D eigenvalue weighted by Gasteiger charge is -2.07. The number of hydrogen-bond acceptors (Lipinski definition) is 3. The molecular formula is C7H10IN3. The minimum absolute atomic E-state index is 0.249. The second-order valence-corrected chi connectivity index (χ2v) is 2.94. The molecule has 11 heavy (non-hydrogen) atoms. The molecule has 1 atom stereocenters. The summed E-state index contributed by atoms with van der Waals surface area (Å²) >= 11 is 2.10. The molecule has 0 aliphatic rings. The zero-order valence-electron chi connectivity index (χ0n) is 6.21. The van der Waals surface area contributed by atoms with E-state index in [1.807, 2.05) is 19.1 Å². The second-order valence-electron chi connectivity index (χ2n) is 2.32. The van der Waals surface area contributed by atoms with Crippen LogP contribution >= 0.6 is 22.9 Å². The Morgan fingerprint density at radius 3 is 2.91 bits per heavy atom. The third kappa shape index (κ3) is 2.30. The SMILES string of the molecule is C[C@H](NI)c1cccc(N)n1. The standard InChI is InChI=1S/C7H10IN3/c1-5(11-8)6-3-2-4-7(9)10-6/h2-5,11H,1H3,(H2,9,10)/t5-/m0/s1. The highest BCUT2D eigenvalue weighted by Gasteiger charge is 2.03. The number of hydrogen-bond donors (Lipinski definition) is 2. The normalized spacial score (nSPS) is 12.9. The third-order valence-corrected chi connectivity index (χ3v) is 2.33. The van der Waals surface area contributed by atoms with Crippen molar-refractivity contribution >= 4 is 28.7 Å². The third-order valence-electron chi connectivity index (χ3n) is 1.40. The fourth-order valence-corrected chi connectivity index (χ4v) is 1.09. The first-order valence-electron chi connectivity index (χ1n) is 3.32. The number of nitrogens with zero attached hydrogens (tertiary/aromatic N) is 1. The molecule has 0 saturated heterocycles. The molecule has 1 heterocycles. The van der Waals surface area contributed by atoms with Crippen LogP contribution in [0.15, 0.2) is 18.2 Å². The summed E-state index contributed by atoms with van der Waals surface area (Å²) < 4.78 is 3.06. The maximum atomic E-state index is 5.51. The predicted molar refractivity (Wildman–Crippen MR) is 54.2 cm³/mol. The largest absolute Gasteiger partial charge is 0.384 e. The van der Waals surface area contributed by atoms with Gasteiger partial charge in [0.2, 0.25) is 0 Å². The van der Waals surface area contributed by atoms with Crippen LogP contribution in [0.2, 0.25) is 0 Å². The summed E-state index contributed by atoms with van der Waals surface area (Å²) in [6, 6.07) is 5.89. The molecule has 60 valence electrons. The molecule has 4 heteroatoms. The van der Waals surface area contributed by atoms with Crippen molar-refractivity contribution in [1.82, 2.24) is 8.51 Å². The van der Waals surface area contributed by atoms with Gasteiger partial charge in [0, 0.05) is 22.9 Å². The van der Waals surface area contributed by atoms with Gasteiger partial charge in [-0.1, -0.05) is 6.07 Å². The van der Waals surface area contributed by atoms with E-state index in [1.54, 1.807) is 6.07 Å². The second kappa shape index (κ2) is 3.87. The number of aromatic nitrogens is 1. The minimum Gasteiger partial charge on any atom is -0.384 e. The maximum absolute atomic E-state index is 5.51. The van der Waals surface area contributed by atoms with Crippen molar-refractivity contribution in [3.8, 4) is 0 Å². The molecule has 0 amide bonds. The Morgan fingerprint density at radius 2 is 2.36 bits per heavy atom. The molecule has 0 aliphatic heterocycles. The molecule has 0 spiro atoms. The summed E-state index contributed by atoms with van der Waals surface area (Å²) in [5.74, 6) is 0.570. The molecular weight excluding hydrogens is 253 g/mol. The van der Waals surface area contributed by atoms with E-state index in [1.165, 1.54) is 0 Å². The van der Waals surface area contributed by atoms with Crippen molar-refractivity contribution in [2.45, 2.75) is 13.0 Å². The quantitative estimate of drug-likeness (QED) is 0.630. The van der Waals surface area contributed by atoms with E-state index in [4.69, 9.17) is 5.73 Å². The van der Waals surface area contributed by atoms with Crippen molar-refractivity contribution in [2.75, 3.05) is 5.73 Å². The Kier molecular flexibility index (Phi) is 3.07. The molecule has 1 rings (SSSR count). The smallest absolute Gasteiger partial charge is 0.123 e. The van der Waals surface area contributed by atoms with Gasteiger partial charge in [0.05, 0.1) is 11.7 Å². The monoisotopic (exact) mass is 263 g/mol. The van der Waals surface area contributed by atoms with Crippen LogP contribution in [-0.2, 0) is 0 Å². The van der Waals surface area contributed by atoms with Crippen molar-refractivity contribution in [2.24, 2.45) is 0 Å². The fourth-order valence-electron chi connectivity index (χ4n) is 0.766. The first-order chi connectivity index (χ1) is 5.24. The van der Waals surface area contributed by atoms with Gasteiger partial charge in [0.25, 0.3) is 0 Å². The Morgan fingerprint density at radius 1 is 1.64 bits per heavy atom. The van der Waals surface area contributed by atoms with Crippen molar-refractivity contribution in [3.05, 3.63) is 23.9 Å². The lowest BCUT2D eigenvalue weighted by molar-refractivity contribution is 0.748. The first kappa shape index (κ1) is 8.73. The molecule has 0 unspecified atom stereocenters. The molecule has 3 N–H and O–H groups in total. The van der Waals surface area contributed by atoms with E-state index in [0.29, 0.717) is 5.82 Å². The molecule has 1 aromatic heterocycles. The Labute approximate surface area is 79.9 Å². The Bertz CT molecular complexity index is 239. The van der Waals surface area contributed by atoms with Gasteiger partial charge in [-0.25, -0.2) is 4.98 Å². The predicted octanol–water partition coefficient (Wildman–Crippen LogP) is 1.66. The van der Waals surface area contributed by atoms with E-state index in [2.05, 4.69) is 31.4 Å². The summed E-state index contributed by atoms with van der Waals surface area (Å²) in [5.41, 5.74) is 6.48. The molecule has 1 aromatic rings. The van der Waals surface area contributed by atoms with Crippen LogP contribution in [0.1, 0.15) is 18.7 Å². The van der Waals surface area contributed by atoms with Crippen molar-refractivity contribution in [3.63, 3.8) is 0 Å². The van der Waals surface area contributed by atoms with Crippen LogP contribution in [0.5, 0.6) is 0 Å². The molecule has 0 bridgehead atoms. The van der Waals surface area contributed by atoms with Crippen LogP contribution in [-0.4, -0.2) is 4.98 Å². The van der Waals surface area contributed by atoms with Crippen LogP contribution in [0.25, 0.3) is 0 Å². The number of pyridine rings is 1. The Hall–Kier alpha value is -0.360. The summed E-state index contributed by atoms with van der Waals surface area (Å²) in [6.45, 7) is 2.04. The lowest BCUT2D eigenvalue weighted by Crippen LogP contribution is -2.08. The zero-order chi connectivity index (χ0) is 8.27. The highest BCUT2D eigenvalue weighted by Crippen LogP contribution is 2.11. The van der Waals surface area contributed by atoms with Gasteiger partial charge < -0.3 is 5.73 Å². The van der Waals surface area contributed by atoms with Gasteiger partial charge in [0.15, 0.2) is 0 Å². The van der Waals surface area contributed by atoms with E-state index < -0.39 is 0 Å². The number of nitrogens with one attached hydrogen (secondary N) is 1. The summed E-state index contributed by atoms with van der Waals surface area (Å²) in [6.07, 6.45) is 0. The number of rotatable bonds is 2. The van der Waals surface area contributed by atoms with Crippen LogP contribution in [0, 0.1) is 0 Å². The average Bonchev–Trinajstić information content (AvgIpc) is 2.03. The van der Waals surface area contributed by atoms with Gasteiger partial charge in [-0.05, 0) is 19.1 Å². The van der Waals surface area contributed by atoms with Crippen LogP contribution < -0.4 is 9.26 Å². The van der Waals surface area contributed by atoms with E-state index >= 15 is 0 Å². The summed E-state index contributed by atoms with van der Waals surface area (Å²) in [4.78, 5) is 4.15. The molecule has 0 saturated carbocycles. The number of anilines is 1. The highest BCUT2D eigenvalue weighted by atomic mass is 127. The van der Waals surface area contributed by atoms with Gasteiger partial charge in [-0.15, -0.1) is 0 Å². The molecule has 0 aliphatic carbocycles. The van der Waals surface area contributed by atoms with E-state index in [9.17, 15) is 0 Å². The van der Waals surface area contributed by atoms with Crippen LogP contribution in [0.4, 0.5) is 5.82 Å². The fraction of sp³-hybridized carbons (Fsp3) is 0.286. The molecule has 0 radical (unpaired) electrons. The number of nitrogen functional groups attached to an aromatic ring is 1. The minimum atomic E-state index is 0.249. The number of halogens is 1. The Balaban J connectivity index is 2.86. The zero-order valence-corrected chi connectivity index (χ0v) is 8.37. The lowest BCUT2D eigenvalue weighted by atomic mass is 10.2. The summed E-state index contributed by atoms with van der Waals surface area (Å²) in [5, 5.41) is 0. The molecule has 0 fully saturated rings. The van der Waals surface area contributed by atoms with Crippen LogP contribution in [0.3, 0.4) is 0 Å².